The Balaban J connectivity index is 1.33. The van der Waals surface area contributed by atoms with Gasteiger partial charge in [-0.25, -0.2) is 8.93 Å². The molecule has 0 heterocycles. The van der Waals surface area contributed by atoms with E-state index in [2.05, 4.69) is 53.3 Å². The van der Waals surface area contributed by atoms with Crippen molar-refractivity contribution in [3.05, 3.63) is 65.2 Å². The predicted octanol–water partition coefficient (Wildman–Crippen LogP) is 4.39. The Morgan fingerprint density at radius 3 is 2.74 bits per heavy atom. The van der Waals surface area contributed by atoms with Crippen molar-refractivity contribution in [1.82, 2.24) is 4.72 Å². The molecule has 0 bridgehead atoms. The molecule has 0 saturated heterocycles. The van der Waals surface area contributed by atoms with Crippen molar-refractivity contribution in [3.8, 4) is 5.75 Å². The summed E-state index contributed by atoms with van der Waals surface area (Å²) in [5.41, 5.74) is 4.33. The third kappa shape index (κ3) is 5.43. The fraction of sp³-hybridized carbons (Fsp3) is 0.478. The van der Waals surface area contributed by atoms with E-state index in [1.165, 1.54) is 48.8 Å². The molecule has 0 radical (unpaired) electrons. The highest BCUT2D eigenvalue weighted by molar-refractivity contribution is 7.83. The van der Waals surface area contributed by atoms with Crippen molar-refractivity contribution in [1.29, 1.82) is 0 Å². The summed E-state index contributed by atoms with van der Waals surface area (Å²) in [7, 11) is -0.906. The van der Waals surface area contributed by atoms with E-state index in [1.54, 1.807) is 0 Å². The van der Waals surface area contributed by atoms with Crippen LogP contribution in [0.15, 0.2) is 48.5 Å². The quantitative estimate of drug-likeness (QED) is 0.652. The Kier molecular flexibility index (Phi) is 6.25. The van der Waals surface area contributed by atoms with Crippen molar-refractivity contribution in [3.63, 3.8) is 0 Å². The zero-order valence-corrected chi connectivity index (χ0v) is 16.7. The number of ether oxygens (including phenoxy) is 1. The van der Waals surface area contributed by atoms with Crippen molar-refractivity contribution >= 4 is 11.0 Å². The zero-order valence-electron chi connectivity index (χ0n) is 15.9. The fourth-order valence-electron chi connectivity index (χ4n) is 3.96. The average Bonchev–Trinajstić information content (AvgIpc) is 3.50. The largest absolute Gasteiger partial charge is 0.492 e. The van der Waals surface area contributed by atoms with Crippen LogP contribution in [0.25, 0.3) is 0 Å². The third-order valence-corrected chi connectivity index (χ3v) is 6.90. The Labute approximate surface area is 165 Å². The van der Waals surface area contributed by atoms with Crippen LogP contribution in [-0.2, 0) is 23.8 Å². The number of fused-ring (bicyclic) bond motifs is 1. The summed E-state index contributed by atoms with van der Waals surface area (Å²) < 4.78 is 20.9. The lowest BCUT2D eigenvalue weighted by atomic mass is 9.79. The topological polar surface area (TPSA) is 38.3 Å². The SMILES string of the molecule is O=S(CC1CC1)NCCOc1ccc2c(c1)C(Cc1ccccc1)CCC2. The molecule has 2 unspecified atom stereocenters. The molecule has 0 aliphatic heterocycles. The maximum Gasteiger partial charge on any atom is 0.119 e. The first-order valence-electron chi connectivity index (χ1n) is 10.2. The minimum Gasteiger partial charge on any atom is -0.492 e. The predicted molar refractivity (Wildman–Crippen MR) is 111 cm³/mol. The Hall–Kier alpha value is -1.65. The van der Waals surface area contributed by atoms with Crippen LogP contribution in [0.5, 0.6) is 5.75 Å². The van der Waals surface area contributed by atoms with E-state index in [-0.39, 0.29) is 0 Å². The normalized spacial score (nSPS) is 20.1. The molecule has 1 saturated carbocycles. The molecule has 27 heavy (non-hydrogen) atoms. The van der Waals surface area contributed by atoms with Crippen molar-refractivity contribution in [2.75, 3.05) is 18.9 Å². The van der Waals surface area contributed by atoms with Crippen molar-refractivity contribution < 1.29 is 8.95 Å². The Morgan fingerprint density at radius 1 is 1.07 bits per heavy atom. The maximum absolute atomic E-state index is 11.9. The summed E-state index contributed by atoms with van der Waals surface area (Å²) in [5.74, 6) is 2.98. The highest BCUT2D eigenvalue weighted by Gasteiger charge is 2.23. The molecule has 1 N–H and O–H groups in total. The minimum absolute atomic E-state index is 0.554. The van der Waals surface area contributed by atoms with Gasteiger partial charge in [0.15, 0.2) is 0 Å². The van der Waals surface area contributed by atoms with Gasteiger partial charge in [0.25, 0.3) is 0 Å². The van der Waals surface area contributed by atoms with Crippen LogP contribution in [0.1, 0.15) is 48.3 Å². The first-order valence-corrected chi connectivity index (χ1v) is 11.5. The van der Waals surface area contributed by atoms with E-state index in [0.29, 0.717) is 25.0 Å². The molecule has 2 aromatic rings. The third-order valence-electron chi connectivity index (χ3n) is 5.60. The number of aryl methyl sites for hydroxylation is 1. The van der Waals surface area contributed by atoms with Crippen LogP contribution in [0.4, 0.5) is 0 Å². The second-order valence-electron chi connectivity index (χ2n) is 7.84. The second-order valence-corrected chi connectivity index (χ2v) is 9.15. The lowest BCUT2D eigenvalue weighted by Gasteiger charge is -2.26. The highest BCUT2D eigenvalue weighted by Crippen LogP contribution is 2.36. The summed E-state index contributed by atoms with van der Waals surface area (Å²) in [6, 6.07) is 17.3. The van der Waals surface area contributed by atoms with Crippen molar-refractivity contribution in [2.45, 2.75) is 44.4 Å². The van der Waals surface area contributed by atoms with Crippen LogP contribution >= 0.6 is 0 Å². The van der Waals surface area contributed by atoms with Gasteiger partial charge in [-0.1, -0.05) is 36.4 Å². The van der Waals surface area contributed by atoms with E-state index >= 15 is 0 Å². The number of benzene rings is 2. The van der Waals surface area contributed by atoms with E-state index in [0.717, 1.165) is 17.9 Å². The molecule has 144 valence electrons. The highest BCUT2D eigenvalue weighted by atomic mass is 32.2. The van der Waals surface area contributed by atoms with Crippen LogP contribution in [0, 0.1) is 5.92 Å². The molecular formula is C23H29NO2S. The summed E-state index contributed by atoms with van der Waals surface area (Å²) in [6.07, 6.45) is 7.25. The van der Waals surface area contributed by atoms with Gasteiger partial charge in [0.05, 0.1) is 11.0 Å². The summed E-state index contributed by atoms with van der Waals surface area (Å²) in [4.78, 5) is 0. The lowest BCUT2D eigenvalue weighted by molar-refractivity contribution is 0.322. The van der Waals surface area contributed by atoms with Gasteiger partial charge in [0.2, 0.25) is 0 Å². The molecule has 2 atom stereocenters. The molecule has 4 heteroatoms. The first-order chi connectivity index (χ1) is 13.3. The van der Waals surface area contributed by atoms with Crippen LogP contribution in [-0.4, -0.2) is 23.1 Å². The van der Waals surface area contributed by atoms with Gasteiger partial charge in [0.1, 0.15) is 12.4 Å². The van der Waals surface area contributed by atoms with Gasteiger partial charge in [0, 0.05) is 12.3 Å². The summed E-state index contributed by atoms with van der Waals surface area (Å²) in [6.45, 7) is 1.18. The number of hydrogen-bond donors (Lipinski definition) is 1. The van der Waals surface area contributed by atoms with Crippen molar-refractivity contribution in [2.24, 2.45) is 5.92 Å². The smallest absolute Gasteiger partial charge is 0.119 e. The molecule has 2 aliphatic carbocycles. The molecule has 2 aromatic carbocycles. The number of hydrogen-bond acceptors (Lipinski definition) is 2. The number of nitrogens with one attached hydrogen (secondary N) is 1. The molecule has 3 nitrogen and oxygen atoms in total. The van der Waals surface area contributed by atoms with E-state index in [1.807, 2.05) is 0 Å². The number of rotatable bonds is 9. The van der Waals surface area contributed by atoms with E-state index in [4.69, 9.17) is 4.74 Å². The van der Waals surface area contributed by atoms with Gasteiger partial charge >= 0.3 is 0 Å². The molecule has 0 amide bonds. The van der Waals surface area contributed by atoms with Gasteiger partial charge in [-0.15, -0.1) is 0 Å². The molecule has 0 spiro atoms. The van der Waals surface area contributed by atoms with Gasteiger partial charge < -0.3 is 4.74 Å². The molecule has 1 fully saturated rings. The minimum atomic E-state index is -0.906. The lowest BCUT2D eigenvalue weighted by Crippen LogP contribution is -2.25. The summed E-state index contributed by atoms with van der Waals surface area (Å²) >= 11 is 0. The monoisotopic (exact) mass is 383 g/mol. The molecule has 2 aliphatic rings. The molecular weight excluding hydrogens is 354 g/mol. The maximum atomic E-state index is 11.9. The van der Waals surface area contributed by atoms with Crippen LogP contribution in [0.2, 0.25) is 0 Å². The molecule has 4 rings (SSSR count). The first kappa shape index (κ1) is 18.7. The van der Waals surface area contributed by atoms with E-state index in [9.17, 15) is 4.21 Å². The standard InChI is InChI=1S/C23H29NO2S/c25-27(17-19-9-10-19)24-13-14-26-22-12-11-20-7-4-8-21(23(20)16-22)15-18-5-2-1-3-6-18/h1-3,5-6,11-12,16,19,21,24H,4,7-10,13-15,17H2. The Morgan fingerprint density at radius 2 is 1.93 bits per heavy atom. The average molecular weight is 384 g/mol. The van der Waals surface area contributed by atoms with Crippen LogP contribution < -0.4 is 9.46 Å². The Bertz CT molecular complexity index is 773. The van der Waals surface area contributed by atoms with Gasteiger partial charge in [-0.2, -0.15) is 0 Å². The second kappa shape index (κ2) is 9.03. The van der Waals surface area contributed by atoms with Gasteiger partial charge in [-0.3, -0.25) is 0 Å². The fourth-order valence-corrected chi connectivity index (χ4v) is 5.15. The van der Waals surface area contributed by atoms with Crippen LogP contribution in [0.3, 0.4) is 0 Å². The van der Waals surface area contributed by atoms with Gasteiger partial charge in [-0.05, 0) is 79.2 Å². The summed E-state index contributed by atoms with van der Waals surface area (Å²) in [5, 5.41) is 0. The van der Waals surface area contributed by atoms with E-state index < -0.39 is 11.0 Å². The molecule has 0 aromatic heterocycles. The zero-order chi connectivity index (χ0) is 18.5.